The molecule has 2 aliphatic heterocycles. The van der Waals surface area contributed by atoms with Crippen LogP contribution in [0.1, 0.15) is 94.9 Å². The van der Waals surface area contributed by atoms with E-state index in [9.17, 15) is 68.1 Å². The van der Waals surface area contributed by atoms with Gasteiger partial charge in [0.15, 0.2) is 5.96 Å². The maximum absolute atomic E-state index is 14.9. The van der Waals surface area contributed by atoms with Gasteiger partial charge in [-0.1, -0.05) is 98.2 Å². The number of benzene rings is 4. The normalized spacial score (nSPS) is 17.2. The Labute approximate surface area is 600 Å². The number of aromatic nitrogens is 1. The summed E-state index contributed by atoms with van der Waals surface area (Å²) in [4.78, 5) is 159. The third-order valence-corrected chi connectivity index (χ3v) is 17.6. The molecule has 0 spiro atoms. The predicted octanol–water partition coefficient (Wildman–Crippen LogP) is 0.291. The summed E-state index contributed by atoms with van der Waals surface area (Å²) in [6, 6.07) is 14.5. The number of rotatable bonds is 39. The molecule has 3 unspecified atom stereocenters. The number of pyridine rings is 1. The number of guanidine groups is 1. The number of nitrogens with one attached hydrogen (secondary N) is 12. The number of carbonyl (C=O) groups excluding carboxylic acids is 10. The van der Waals surface area contributed by atoms with Crippen molar-refractivity contribution < 1.29 is 72.8 Å². The highest BCUT2D eigenvalue weighted by molar-refractivity contribution is 6.30. The van der Waals surface area contributed by atoms with Crippen molar-refractivity contribution in [2.24, 2.45) is 17.4 Å². The van der Waals surface area contributed by atoms with E-state index in [0.717, 1.165) is 10.8 Å². The SMILES string of the molecule is CC(=O)N[C@H](Cc1ccc2ccccc2c1)C(=O)N[C@H](Cc1ccc(Cl)cc1)C(=O)N[C@H](Cc1cccnc1)C(=O)N[C@@H](CO)C(=O)N[C@@H](Cc1ccc(O)cc1)C(=O)N[C@H](CCCNC(N)=O)C(=O)N[C@@H](CC(C)C)C(=O)N[C@@H](CCCNC(=N)N)C(=O)N1CCCC1C1OC1N[C@H](C)C(=O)O. The minimum atomic E-state index is -1.84. The number of primary amides is 1. The summed E-state index contributed by atoms with van der Waals surface area (Å²) in [7, 11) is 0. The zero-order valence-electron chi connectivity index (χ0n) is 57.7. The van der Waals surface area contributed by atoms with Crippen LogP contribution >= 0.6 is 11.6 Å². The molecule has 103 heavy (non-hydrogen) atoms. The number of phenolic OH excluding ortho intramolecular Hbond substituents is 1. The average molecular weight is 1450 g/mol. The molecular formula is C71H93ClN16O15. The van der Waals surface area contributed by atoms with E-state index in [-0.39, 0.29) is 88.5 Å². The van der Waals surface area contributed by atoms with Gasteiger partial charge in [-0.3, -0.25) is 63.7 Å². The van der Waals surface area contributed by atoms with Crippen LogP contribution < -0.4 is 70.0 Å². The first-order valence-corrected chi connectivity index (χ1v) is 34.5. The summed E-state index contributed by atoms with van der Waals surface area (Å²) in [5.74, 6) is -9.21. The maximum Gasteiger partial charge on any atom is 0.320 e. The van der Waals surface area contributed by atoms with E-state index >= 15 is 0 Å². The Morgan fingerprint density at radius 2 is 1.10 bits per heavy atom. The van der Waals surface area contributed by atoms with Gasteiger partial charge in [0.2, 0.25) is 53.2 Å². The minimum absolute atomic E-state index is 0.0143. The van der Waals surface area contributed by atoms with Crippen LogP contribution in [0.2, 0.25) is 5.02 Å². The molecule has 3 heterocycles. The van der Waals surface area contributed by atoms with Crippen molar-refractivity contribution in [3.63, 3.8) is 0 Å². The third kappa shape index (κ3) is 25.5. The fourth-order valence-corrected chi connectivity index (χ4v) is 12.1. The van der Waals surface area contributed by atoms with Crippen molar-refractivity contribution in [3.05, 3.63) is 143 Å². The molecule has 5 aromatic rings. The fourth-order valence-electron chi connectivity index (χ4n) is 12.0. The number of fused-ring (bicyclic) bond motifs is 1. The molecular weight excluding hydrogens is 1350 g/mol. The molecule has 7 rings (SSSR count). The minimum Gasteiger partial charge on any atom is -0.508 e. The number of urea groups is 1. The molecule has 1 aromatic heterocycles. The van der Waals surface area contributed by atoms with Crippen molar-refractivity contribution >= 4 is 93.5 Å². The van der Waals surface area contributed by atoms with Gasteiger partial charge in [-0.05, 0) is 121 Å². The lowest BCUT2D eigenvalue weighted by Crippen LogP contribution is -2.61. The van der Waals surface area contributed by atoms with E-state index in [1.54, 1.807) is 55.1 Å². The number of epoxide rings is 1. The van der Waals surface area contributed by atoms with E-state index < -0.39 is 145 Å². The maximum atomic E-state index is 14.9. The molecule has 0 saturated carbocycles. The Kier molecular flexibility index (Phi) is 30.3. The quantitative estimate of drug-likeness (QED) is 0.0109. The number of carboxylic acids is 1. The van der Waals surface area contributed by atoms with Crippen LogP contribution in [0.25, 0.3) is 10.8 Å². The Morgan fingerprint density at radius 3 is 1.66 bits per heavy atom. The van der Waals surface area contributed by atoms with Crippen molar-refractivity contribution in [2.75, 3.05) is 26.2 Å². The van der Waals surface area contributed by atoms with Gasteiger partial charge in [0.05, 0.1) is 12.6 Å². The van der Waals surface area contributed by atoms with E-state index in [1.165, 1.54) is 50.5 Å². The predicted molar refractivity (Wildman–Crippen MR) is 380 cm³/mol. The van der Waals surface area contributed by atoms with Gasteiger partial charge >= 0.3 is 12.0 Å². The highest BCUT2D eigenvalue weighted by atomic mass is 35.5. The molecule has 0 bridgehead atoms. The lowest BCUT2D eigenvalue weighted by atomic mass is 9.99. The van der Waals surface area contributed by atoms with Gasteiger partial charge in [-0.25, -0.2) is 4.79 Å². The summed E-state index contributed by atoms with van der Waals surface area (Å²) in [6.07, 6.45) is 2.29. The van der Waals surface area contributed by atoms with Crippen molar-refractivity contribution in [2.45, 2.75) is 171 Å². The Balaban J connectivity index is 1.11. The molecule has 0 aliphatic carbocycles. The second kappa shape index (κ2) is 39.1. The number of carboxylic acid groups (broad SMARTS) is 1. The van der Waals surface area contributed by atoms with Crippen molar-refractivity contribution in [1.29, 1.82) is 5.41 Å². The number of hydrogen-bond donors (Lipinski definition) is 17. The van der Waals surface area contributed by atoms with Gasteiger partial charge < -0.3 is 89.6 Å². The third-order valence-electron chi connectivity index (χ3n) is 17.4. The number of phenols is 1. The second-order valence-electron chi connectivity index (χ2n) is 26.1. The number of nitrogens with two attached hydrogens (primary N) is 2. The Hall–Kier alpha value is -10.5. The molecule has 4 aromatic carbocycles. The number of aliphatic hydroxyl groups is 1. The molecule has 31 nitrogen and oxygen atoms in total. The number of ether oxygens (including phenoxy) is 1. The summed E-state index contributed by atoms with van der Waals surface area (Å²) in [6.45, 7) is 5.59. The number of likely N-dealkylation sites (tertiary alicyclic amines) is 1. The van der Waals surface area contributed by atoms with E-state index in [0.29, 0.717) is 46.7 Å². The van der Waals surface area contributed by atoms with Crippen LogP contribution in [0.15, 0.2) is 116 Å². The first-order valence-electron chi connectivity index (χ1n) is 34.1. The Morgan fingerprint density at radius 1 is 0.602 bits per heavy atom. The highest BCUT2D eigenvalue weighted by Gasteiger charge is 2.51. The van der Waals surface area contributed by atoms with Crippen LogP contribution in [0, 0.1) is 11.3 Å². The summed E-state index contributed by atoms with van der Waals surface area (Å²) in [5, 5.41) is 70.0. The van der Waals surface area contributed by atoms with Crippen LogP contribution in [-0.4, -0.2) is 195 Å². The van der Waals surface area contributed by atoms with Crippen LogP contribution in [0.3, 0.4) is 0 Å². The highest BCUT2D eigenvalue weighted by Crippen LogP contribution is 2.34. The topological polar surface area (TPSA) is 485 Å². The first-order chi connectivity index (χ1) is 49.1. The molecule has 11 amide bonds. The van der Waals surface area contributed by atoms with Crippen molar-refractivity contribution in [3.8, 4) is 5.75 Å². The molecule has 2 fully saturated rings. The van der Waals surface area contributed by atoms with Crippen LogP contribution in [0.5, 0.6) is 5.75 Å². The first kappa shape index (κ1) is 79.8. The number of nitrogens with zero attached hydrogens (tertiary/aromatic N) is 2. The van der Waals surface area contributed by atoms with Gasteiger partial charge in [0.1, 0.15) is 72.5 Å². The number of carbonyl (C=O) groups is 11. The number of aromatic hydroxyl groups is 1. The standard InChI is InChI=1S/C71H93ClN16O15/c1-39(2)31-52(61(93)82-51(15-9-28-77-70(73)74)68(99)88-30-10-16-58(88)59-67(103-59)79-40(3)69(100)101)83-60(92)50(14-8-29-78-71(75)102)81-63(95)54(34-43-20-25-49(91)26-21-43)86-66(98)57(38-89)87-65(97)56(36-45-11-7-27-76-37-45)85-64(96)55(33-42-18-23-48(72)24-19-42)84-62(94)53(80-41(4)90)35-44-17-22-46-12-5-6-13-47(46)32-44/h5-7,11-13,17-27,32,37,39-40,50-59,67,79,89,91H,8-10,14-16,28-31,33-36,38H2,1-4H3,(H,80,90)(H,81,95)(H,82,93)(H,83,92)(H,84,94)(H,85,96)(H,86,98)(H,87,97)(H,100,101)(H4,73,74,77)(H3,75,78,102)/t40-,50-,51+,52+,53-,54+,55-,56-,57+,58?,59?,67?/m1/s1. The largest absolute Gasteiger partial charge is 0.508 e. The molecule has 2 aliphatic rings. The smallest absolute Gasteiger partial charge is 0.320 e. The van der Waals surface area contributed by atoms with Gasteiger partial charge in [-0.15, -0.1) is 0 Å². The summed E-state index contributed by atoms with van der Waals surface area (Å²) >= 11 is 6.23. The van der Waals surface area contributed by atoms with Crippen LogP contribution in [-0.2, 0) is 78.4 Å². The van der Waals surface area contributed by atoms with Gasteiger partial charge in [0, 0.05) is 69.7 Å². The number of aliphatic hydroxyl groups excluding tert-OH is 1. The molecule has 19 N–H and O–H groups in total. The lowest BCUT2D eigenvalue weighted by Gasteiger charge is -2.31. The average Bonchev–Trinajstić information content (AvgIpc) is 1.63. The van der Waals surface area contributed by atoms with E-state index in [4.69, 9.17) is 33.2 Å². The van der Waals surface area contributed by atoms with Crippen LogP contribution in [0.4, 0.5) is 4.79 Å². The molecule has 2 saturated heterocycles. The second-order valence-corrected chi connectivity index (χ2v) is 26.5. The number of amides is 11. The number of hydrogen-bond acceptors (Lipinski definition) is 17. The van der Waals surface area contributed by atoms with Gasteiger partial charge in [-0.2, -0.15) is 0 Å². The zero-order valence-corrected chi connectivity index (χ0v) is 58.5. The fraction of sp³-hybridized carbons (Fsp3) is 0.451. The molecule has 12 atom stereocenters. The molecule has 0 radical (unpaired) electrons. The number of aliphatic carboxylic acids is 1. The monoisotopic (exact) mass is 1440 g/mol. The Bertz CT molecular complexity index is 3780. The lowest BCUT2D eigenvalue weighted by molar-refractivity contribution is -0.139. The van der Waals surface area contributed by atoms with E-state index in [1.807, 2.05) is 42.5 Å². The van der Waals surface area contributed by atoms with Gasteiger partial charge in [0.25, 0.3) is 0 Å². The summed E-state index contributed by atoms with van der Waals surface area (Å²) < 4.78 is 5.81. The van der Waals surface area contributed by atoms with Crippen molar-refractivity contribution in [1.82, 2.24) is 68.4 Å². The number of halogens is 1. The molecule has 554 valence electrons. The molecule has 32 heteroatoms. The van der Waals surface area contributed by atoms with E-state index in [2.05, 4.69) is 63.5 Å². The zero-order chi connectivity index (χ0) is 74.9. The summed E-state index contributed by atoms with van der Waals surface area (Å²) in [5.41, 5.74) is 12.9.